The highest BCUT2D eigenvalue weighted by Gasteiger charge is 2.36. The number of phenols is 1. The van der Waals surface area contributed by atoms with E-state index in [2.05, 4.69) is 42.5 Å². The Bertz CT molecular complexity index is 2000. The summed E-state index contributed by atoms with van der Waals surface area (Å²) in [5.74, 6) is -11.8. The molecule has 0 spiro atoms. The fraction of sp³-hybridized carbons (Fsp3) is 0.571. The van der Waals surface area contributed by atoms with E-state index in [1.807, 2.05) is 0 Å². The molecule has 1 aromatic rings. The third-order valence-corrected chi connectivity index (χ3v) is 10.4. The van der Waals surface area contributed by atoms with Crippen LogP contribution in [0.2, 0.25) is 0 Å². The molecule has 1 aliphatic rings. The summed E-state index contributed by atoms with van der Waals surface area (Å²) in [6.07, 6.45) is -2.45. The average Bonchev–Trinajstić information content (AvgIpc) is 3.25. The number of primary amides is 3. The van der Waals surface area contributed by atoms with Crippen molar-refractivity contribution in [1.82, 2.24) is 47.4 Å². The van der Waals surface area contributed by atoms with Gasteiger partial charge in [-0.15, -0.1) is 0 Å². The van der Waals surface area contributed by atoms with E-state index in [4.69, 9.17) is 17.2 Å². The molecule has 7 atom stereocenters. The molecule has 370 valence electrons. The van der Waals surface area contributed by atoms with Gasteiger partial charge in [-0.1, -0.05) is 46.2 Å². The first-order valence-corrected chi connectivity index (χ1v) is 21.6. The Kier molecular flexibility index (Phi) is 22.7. The molecule has 0 saturated carbocycles. The van der Waals surface area contributed by atoms with Crippen molar-refractivity contribution in [3.05, 3.63) is 29.8 Å². The van der Waals surface area contributed by atoms with Gasteiger partial charge in [-0.05, 0) is 42.4 Å². The number of nitrogens with zero attached hydrogens (tertiary/aromatic N) is 1. The summed E-state index contributed by atoms with van der Waals surface area (Å²) < 4.78 is 0. The molecule has 1 aliphatic heterocycles. The average molecular weight is 945 g/mol. The van der Waals surface area contributed by atoms with Gasteiger partial charge in [0.1, 0.15) is 42.0 Å². The van der Waals surface area contributed by atoms with E-state index >= 15 is 0 Å². The minimum atomic E-state index is -1.84. The molecule has 1 saturated heterocycles. The quantitative estimate of drug-likeness (QED) is 0.0657. The number of carbonyl (C=O) groups excluding carboxylic acids is 12. The molecule has 2 rings (SSSR count). The maximum absolute atomic E-state index is 14.0. The number of aromatic hydroxyl groups is 1. The fourth-order valence-electron chi connectivity index (χ4n) is 6.60. The number of phenolic OH excluding ortho intramolecular Hbond substituents is 1. The maximum atomic E-state index is 14.0. The normalized spacial score (nSPS) is 21.1. The summed E-state index contributed by atoms with van der Waals surface area (Å²) in [7, 11) is 1.16. The van der Waals surface area contributed by atoms with Crippen molar-refractivity contribution in [2.75, 3.05) is 26.7 Å². The zero-order valence-electron chi connectivity index (χ0n) is 38.2. The van der Waals surface area contributed by atoms with E-state index in [-0.39, 0.29) is 24.5 Å². The Labute approximate surface area is 386 Å². The number of benzene rings is 1. The van der Waals surface area contributed by atoms with E-state index in [0.717, 1.165) is 11.9 Å². The van der Waals surface area contributed by atoms with Crippen LogP contribution in [-0.4, -0.2) is 144 Å². The summed E-state index contributed by atoms with van der Waals surface area (Å²) in [5.41, 5.74) is 16.4. The van der Waals surface area contributed by atoms with Gasteiger partial charge in [0.2, 0.25) is 70.9 Å². The third kappa shape index (κ3) is 20.2. The van der Waals surface area contributed by atoms with Crippen LogP contribution in [0.15, 0.2) is 24.3 Å². The van der Waals surface area contributed by atoms with E-state index in [1.165, 1.54) is 24.3 Å². The highest BCUT2D eigenvalue weighted by atomic mass is 16.3. The van der Waals surface area contributed by atoms with Crippen molar-refractivity contribution in [2.24, 2.45) is 29.0 Å². The molecule has 1 fully saturated rings. The molecular formula is C42H64N12O13. The summed E-state index contributed by atoms with van der Waals surface area (Å²) in [6.45, 7) is 4.99. The van der Waals surface area contributed by atoms with Crippen LogP contribution in [0.25, 0.3) is 0 Å². The van der Waals surface area contributed by atoms with Crippen LogP contribution in [0.5, 0.6) is 5.75 Å². The van der Waals surface area contributed by atoms with Gasteiger partial charge in [0.25, 0.3) is 0 Å². The standard InChI is InChI=1S/C42H64N12O13/c1-6-22(4)36-41(66)50-25(11-12-30(43)56)38(63)51-28(17-31(44)57)39(64)52-29(42(67)54(5)20-35(61)49-26(15-21(2)3)37(62)47-19-32(45)58)18-46-33(59)13-14-34(60)48-27(40(65)53-36)16-23-7-9-24(55)10-8-23/h7-10,21-22,25-29,36,55H,6,11-20H2,1-5H3,(H2,43,56)(H2,44,57)(H2,45,58)(H,46,59)(H,47,62)(H,48,60)(H,49,61)(H,50,66)(H,51,63)(H,52,64)(H,53,65)/t22-,25-,26-,27-,28-,29-,36-/m0/s1. The number of nitrogens with one attached hydrogen (secondary N) is 8. The van der Waals surface area contributed by atoms with E-state index in [1.54, 1.807) is 27.7 Å². The second-order valence-corrected chi connectivity index (χ2v) is 16.7. The van der Waals surface area contributed by atoms with Crippen LogP contribution in [0.3, 0.4) is 0 Å². The van der Waals surface area contributed by atoms with Crippen molar-refractivity contribution in [1.29, 1.82) is 0 Å². The van der Waals surface area contributed by atoms with Gasteiger partial charge in [0.15, 0.2) is 0 Å². The molecule has 12 amide bonds. The van der Waals surface area contributed by atoms with Crippen molar-refractivity contribution >= 4 is 70.9 Å². The first-order chi connectivity index (χ1) is 31.4. The SMILES string of the molecule is CC[C@H](C)[C@@H]1NC(=O)[C@H](Cc2ccc(O)cc2)NC(=O)CCC(=O)NC[C@@H](C(=O)N(C)CC(=O)N[C@@H](CC(C)C)C(=O)NCC(N)=O)NC(=O)[C@H](CC(N)=O)NC(=O)[C@H](CCC(N)=O)NC1=O. The van der Waals surface area contributed by atoms with Crippen molar-refractivity contribution in [3.63, 3.8) is 0 Å². The third-order valence-electron chi connectivity index (χ3n) is 10.4. The number of rotatable bonds is 18. The number of hydrogen-bond acceptors (Lipinski definition) is 13. The molecule has 1 heterocycles. The summed E-state index contributed by atoms with van der Waals surface area (Å²) in [5, 5.41) is 29.3. The smallest absolute Gasteiger partial charge is 0.247 e. The largest absolute Gasteiger partial charge is 0.508 e. The minimum Gasteiger partial charge on any atom is -0.508 e. The number of carbonyl (C=O) groups is 12. The molecule has 0 bridgehead atoms. The van der Waals surface area contributed by atoms with Crippen molar-refractivity contribution < 1.29 is 62.6 Å². The van der Waals surface area contributed by atoms with E-state index in [0.29, 0.717) is 12.0 Å². The molecular weight excluding hydrogens is 881 g/mol. The number of likely N-dealkylation sites (N-methyl/N-ethyl adjacent to an activating group) is 1. The van der Waals surface area contributed by atoms with Crippen LogP contribution in [0.1, 0.15) is 78.2 Å². The van der Waals surface area contributed by atoms with E-state index < -0.39 is 165 Å². The lowest BCUT2D eigenvalue weighted by Crippen LogP contribution is -2.61. The van der Waals surface area contributed by atoms with Crippen LogP contribution in [0, 0.1) is 11.8 Å². The second kappa shape index (κ2) is 27.2. The van der Waals surface area contributed by atoms with Gasteiger partial charge in [-0.3, -0.25) is 57.5 Å². The summed E-state index contributed by atoms with van der Waals surface area (Å²) in [6, 6.07) is -3.31. The second-order valence-electron chi connectivity index (χ2n) is 16.7. The predicted octanol–water partition coefficient (Wildman–Crippen LogP) is -4.95. The number of amides is 12. The Morgan fingerprint density at radius 1 is 0.761 bits per heavy atom. The molecule has 67 heavy (non-hydrogen) atoms. The van der Waals surface area contributed by atoms with Gasteiger partial charge in [0.05, 0.1) is 19.5 Å². The highest BCUT2D eigenvalue weighted by Crippen LogP contribution is 2.15. The van der Waals surface area contributed by atoms with Crippen molar-refractivity contribution in [3.8, 4) is 5.75 Å². The molecule has 25 nitrogen and oxygen atoms in total. The van der Waals surface area contributed by atoms with Crippen LogP contribution in [-0.2, 0) is 64.0 Å². The predicted molar refractivity (Wildman–Crippen MR) is 237 cm³/mol. The Morgan fingerprint density at radius 3 is 1.94 bits per heavy atom. The topological polar surface area (TPSA) is 403 Å². The van der Waals surface area contributed by atoms with Gasteiger partial charge >= 0.3 is 0 Å². The van der Waals surface area contributed by atoms with Crippen LogP contribution in [0.4, 0.5) is 0 Å². The lowest BCUT2D eigenvalue weighted by molar-refractivity contribution is -0.140. The fourth-order valence-corrected chi connectivity index (χ4v) is 6.60. The molecule has 0 radical (unpaired) electrons. The Hall–Kier alpha value is -7.34. The molecule has 0 aliphatic carbocycles. The zero-order valence-corrected chi connectivity index (χ0v) is 38.2. The van der Waals surface area contributed by atoms with Gasteiger partial charge in [-0.2, -0.15) is 0 Å². The number of hydrogen-bond donors (Lipinski definition) is 12. The van der Waals surface area contributed by atoms with Gasteiger partial charge in [0, 0.05) is 39.3 Å². The molecule has 0 aromatic heterocycles. The highest BCUT2D eigenvalue weighted by molar-refractivity contribution is 5.99. The lowest BCUT2D eigenvalue weighted by atomic mass is 9.96. The first kappa shape index (κ1) is 55.8. The summed E-state index contributed by atoms with van der Waals surface area (Å²) >= 11 is 0. The maximum Gasteiger partial charge on any atom is 0.247 e. The monoisotopic (exact) mass is 944 g/mol. The van der Waals surface area contributed by atoms with Crippen LogP contribution < -0.4 is 59.7 Å². The molecule has 15 N–H and O–H groups in total. The van der Waals surface area contributed by atoms with E-state index in [9.17, 15) is 62.6 Å². The van der Waals surface area contributed by atoms with Crippen LogP contribution >= 0.6 is 0 Å². The zero-order chi connectivity index (χ0) is 50.5. The molecule has 0 unspecified atom stereocenters. The first-order valence-electron chi connectivity index (χ1n) is 21.6. The minimum absolute atomic E-state index is 0.0691. The lowest BCUT2D eigenvalue weighted by Gasteiger charge is -2.29. The van der Waals surface area contributed by atoms with Gasteiger partial charge in [-0.25, -0.2) is 0 Å². The van der Waals surface area contributed by atoms with Crippen molar-refractivity contribution in [2.45, 2.75) is 115 Å². The number of nitrogens with two attached hydrogens (primary N) is 3. The molecule has 25 heteroatoms. The Balaban J connectivity index is 2.59. The summed E-state index contributed by atoms with van der Waals surface area (Å²) in [4.78, 5) is 158. The Morgan fingerprint density at radius 2 is 1.36 bits per heavy atom. The van der Waals surface area contributed by atoms with Gasteiger partial charge < -0.3 is 69.7 Å². The molecule has 1 aromatic carbocycles.